The maximum Gasteiger partial charge on any atom is 0.140 e. The molecule has 4 heteroatoms. The molecular weight excluding hydrogens is 220 g/mol. The molecule has 1 heterocycles. The highest BCUT2D eigenvalue weighted by molar-refractivity contribution is 7.84. The predicted molar refractivity (Wildman–Crippen MR) is 65.2 cm³/mol. The molecule has 0 saturated carbocycles. The fourth-order valence-corrected chi connectivity index (χ4v) is 2.62. The van der Waals surface area contributed by atoms with Gasteiger partial charge in [-0.05, 0) is 24.1 Å². The van der Waals surface area contributed by atoms with Crippen molar-refractivity contribution in [1.29, 1.82) is 5.26 Å². The van der Waals surface area contributed by atoms with Gasteiger partial charge in [-0.1, -0.05) is 19.8 Å². The van der Waals surface area contributed by atoms with E-state index in [1.54, 1.807) is 12.3 Å². The number of unbranched alkanes of at least 4 members (excludes halogenated alkanes) is 2. The van der Waals surface area contributed by atoms with Crippen molar-refractivity contribution < 1.29 is 4.21 Å². The van der Waals surface area contributed by atoms with E-state index in [4.69, 9.17) is 5.26 Å². The van der Waals surface area contributed by atoms with Gasteiger partial charge in [0.05, 0.1) is 0 Å². The number of aromatic nitrogens is 1. The molecule has 1 aromatic heterocycles. The van der Waals surface area contributed by atoms with Crippen molar-refractivity contribution in [3.63, 3.8) is 0 Å². The maximum absolute atomic E-state index is 11.7. The summed E-state index contributed by atoms with van der Waals surface area (Å²) in [6, 6.07) is 5.51. The number of hydrogen-bond donors (Lipinski definition) is 0. The lowest BCUT2D eigenvalue weighted by Crippen LogP contribution is -2.01. The summed E-state index contributed by atoms with van der Waals surface area (Å²) in [5.74, 6) is 1.28. The minimum atomic E-state index is -0.820. The zero-order valence-corrected chi connectivity index (χ0v) is 10.3. The zero-order valence-electron chi connectivity index (χ0n) is 9.48. The van der Waals surface area contributed by atoms with Crippen LogP contribution >= 0.6 is 0 Å². The largest absolute Gasteiger partial charge is 0.259 e. The fourth-order valence-electron chi connectivity index (χ4n) is 1.40. The summed E-state index contributed by atoms with van der Waals surface area (Å²) in [6.07, 6.45) is 4.88. The van der Waals surface area contributed by atoms with E-state index in [2.05, 4.69) is 11.9 Å². The monoisotopic (exact) mass is 236 g/mol. The smallest absolute Gasteiger partial charge is 0.140 e. The first-order valence-corrected chi connectivity index (χ1v) is 6.95. The number of nitrogens with zero attached hydrogens (tertiary/aromatic N) is 2. The third-order valence-corrected chi connectivity index (χ3v) is 3.64. The molecule has 0 fully saturated rings. The fraction of sp³-hybridized carbons (Fsp3) is 0.500. The average molecular weight is 236 g/mol. The van der Waals surface area contributed by atoms with Crippen LogP contribution in [0.15, 0.2) is 18.3 Å². The number of rotatable bonds is 6. The molecule has 0 radical (unpaired) electrons. The third kappa shape index (κ3) is 4.54. The molecule has 86 valence electrons. The first kappa shape index (κ1) is 12.9. The summed E-state index contributed by atoms with van der Waals surface area (Å²) >= 11 is 0. The molecule has 1 unspecified atom stereocenters. The van der Waals surface area contributed by atoms with Crippen molar-refractivity contribution in [2.45, 2.75) is 31.9 Å². The Morgan fingerprint density at radius 3 is 3.00 bits per heavy atom. The lowest BCUT2D eigenvalue weighted by Gasteiger charge is -2.02. The van der Waals surface area contributed by atoms with E-state index in [1.807, 2.05) is 12.1 Å². The normalized spacial score (nSPS) is 12.0. The van der Waals surface area contributed by atoms with Crippen LogP contribution in [0, 0.1) is 11.3 Å². The maximum atomic E-state index is 11.7. The molecule has 0 aliphatic carbocycles. The van der Waals surface area contributed by atoms with Gasteiger partial charge in [0.2, 0.25) is 0 Å². The van der Waals surface area contributed by atoms with Gasteiger partial charge in [0, 0.05) is 28.5 Å². The molecule has 1 atom stereocenters. The van der Waals surface area contributed by atoms with Crippen LogP contribution in [0.1, 0.15) is 37.4 Å². The van der Waals surface area contributed by atoms with Crippen molar-refractivity contribution in [1.82, 2.24) is 4.98 Å². The minimum absolute atomic E-state index is 0.392. The van der Waals surface area contributed by atoms with Crippen LogP contribution < -0.4 is 0 Å². The summed E-state index contributed by atoms with van der Waals surface area (Å²) in [4.78, 5) is 3.88. The van der Waals surface area contributed by atoms with Crippen LogP contribution in [0.5, 0.6) is 0 Å². The van der Waals surface area contributed by atoms with Crippen LogP contribution in [-0.4, -0.2) is 14.9 Å². The average Bonchev–Trinajstić information content (AvgIpc) is 2.29. The van der Waals surface area contributed by atoms with Gasteiger partial charge in [-0.2, -0.15) is 5.26 Å². The molecule has 0 aliphatic rings. The molecule has 0 bridgehead atoms. The van der Waals surface area contributed by atoms with Crippen LogP contribution in [0.3, 0.4) is 0 Å². The highest BCUT2D eigenvalue weighted by Gasteiger charge is 2.02. The van der Waals surface area contributed by atoms with E-state index in [0.717, 1.165) is 30.6 Å². The molecular formula is C12H16N2OS. The van der Waals surface area contributed by atoms with E-state index in [1.165, 1.54) is 0 Å². The third-order valence-electron chi connectivity index (χ3n) is 2.24. The summed E-state index contributed by atoms with van der Waals surface area (Å²) in [7, 11) is -0.820. The van der Waals surface area contributed by atoms with Crippen LogP contribution in [0.2, 0.25) is 0 Å². The van der Waals surface area contributed by atoms with Gasteiger partial charge in [0.25, 0.3) is 0 Å². The Labute approximate surface area is 99.0 Å². The molecule has 0 aromatic carbocycles. The van der Waals surface area contributed by atoms with Crippen molar-refractivity contribution in [2.24, 2.45) is 0 Å². The molecule has 0 N–H and O–H groups in total. The molecule has 1 rings (SSSR count). The van der Waals surface area contributed by atoms with Gasteiger partial charge >= 0.3 is 0 Å². The summed E-state index contributed by atoms with van der Waals surface area (Å²) in [5.41, 5.74) is 1.32. The quantitative estimate of drug-likeness (QED) is 0.713. The van der Waals surface area contributed by atoms with Gasteiger partial charge < -0.3 is 0 Å². The van der Waals surface area contributed by atoms with Gasteiger partial charge in [0.1, 0.15) is 11.8 Å². The molecule has 0 saturated heterocycles. The van der Waals surface area contributed by atoms with Crippen LogP contribution in [0.25, 0.3) is 0 Å². The van der Waals surface area contributed by atoms with E-state index >= 15 is 0 Å². The Morgan fingerprint density at radius 2 is 2.31 bits per heavy atom. The minimum Gasteiger partial charge on any atom is -0.259 e. The summed E-state index contributed by atoms with van der Waals surface area (Å²) < 4.78 is 11.7. The van der Waals surface area contributed by atoms with Crippen LogP contribution in [-0.2, 0) is 16.6 Å². The highest BCUT2D eigenvalue weighted by Crippen LogP contribution is 2.06. The standard InChI is InChI=1S/C12H16N2OS/c1-2-3-4-7-16(15)10-11-5-6-14-12(8-11)9-13/h5-6,8H,2-4,7,10H2,1H3. The van der Waals surface area contributed by atoms with Gasteiger partial charge in [0.15, 0.2) is 0 Å². The summed E-state index contributed by atoms with van der Waals surface area (Å²) in [6.45, 7) is 2.13. The second kappa shape index (κ2) is 7.13. The molecule has 16 heavy (non-hydrogen) atoms. The Kier molecular flexibility index (Phi) is 5.73. The molecule has 1 aromatic rings. The Hall–Kier alpha value is -1.21. The van der Waals surface area contributed by atoms with Gasteiger partial charge in [-0.25, -0.2) is 4.98 Å². The predicted octanol–water partition coefficient (Wildman–Crippen LogP) is 2.39. The van der Waals surface area contributed by atoms with Gasteiger partial charge in [-0.3, -0.25) is 4.21 Å². The number of hydrogen-bond acceptors (Lipinski definition) is 3. The van der Waals surface area contributed by atoms with Crippen LogP contribution in [0.4, 0.5) is 0 Å². The van der Waals surface area contributed by atoms with E-state index < -0.39 is 10.8 Å². The molecule has 0 spiro atoms. The first-order chi connectivity index (χ1) is 7.76. The van der Waals surface area contributed by atoms with E-state index in [9.17, 15) is 4.21 Å². The van der Waals surface area contributed by atoms with Crippen molar-refractivity contribution in [3.8, 4) is 6.07 Å². The lowest BCUT2D eigenvalue weighted by molar-refractivity contribution is 0.675. The second-order valence-electron chi connectivity index (χ2n) is 3.66. The summed E-state index contributed by atoms with van der Waals surface area (Å²) in [5, 5.41) is 8.68. The molecule has 3 nitrogen and oxygen atoms in total. The zero-order chi connectivity index (χ0) is 11.8. The number of nitriles is 1. The topological polar surface area (TPSA) is 53.8 Å². The Balaban J connectivity index is 2.47. The molecule has 0 aliphatic heterocycles. The van der Waals surface area contributed by atoms with Crippen molar-refractivity contribution in [3.05, 3.63) is 29.6 Å². The van der Waals surface area contributed by atoms with E-state index in [-0.39, 0.29) is 0 Å². The van der Waals surface area contributed by atoms with Gasteiger partial charge in [-0.15, -0.1) is 0 Å². The molecule has 0 amide bonds. The lowest BCUT2D eigenvalue weighted by atomic mass is 10.2. The Morgan fingerprint density at radius 1 is 1.50 bits per heavy atom. The Bertz CT molecular complexity index is 398. The van der Waals surface area contributed by atoms with Crippen molar-refractivity contribution in [2.75, 3.05) is 5.75 Å². The van der Waals surface area contributed by atoms with Crippen molar-refractivity contribution >= 4 is 10.8 Å². The SMILES string of the molecule is CCCCCS(=O)Cc1ccnc(C#N)c1. The van der Waals surface area contributed by atoms with E-state index in [0.29, 0.717) is 11.4 Å². The highest BCUT2D eigenvalue weighted by atomic mass is 32.2. The first-order valence-electron chi connectivity index (χ1n) is 5.46. The second-order valence-corrected chi connectivity index (χ2v) is 5.23. The number of pyridine rings is 1.